The zero-order valence-electron chi connectivity index (χ0n) is 11.9. The van der Waals surface area contributed by atoms with Crippen LogP contribution in [0, 0.1) is 10.1 Å². The normalized spacial score (nSPS) is 10.0. The summed E-state index contributed by atoms with van der Waals surface area (Å²) in [6.07, 6.45) is 0. The number of benzene rings is 2. The number of carbonyl (C=O) groups excluding carboxylic acids is 1. The minimum atomic E-state index is -0.492. The van der Waals surface area contributed by atoms with E-state index in [0.717, 1.165) is 5.56 Å². The van der Waals surface area contributed by atoms with Crippen LogP contribution in [0.4, 0.5) is 5.69 Å². The second-order valence-electron chi connectivity index (χ2n) is 4.54. The molecule has 0 aliphatic rings. The summed E-state index contributed by atoms with van der Waals surface area (Å²) >= 11 is 0. The summed E-state index contributed by atoms with van der Waals surface area (Å²) in [5, 5.41) is 11.9. The Balaban J connectivity index is 1.97. The van der Waals surface area contributed by atoms with Gasteiger partial charge in [0.15, 0.2) is 0 Å². The first-order chi connectivity index (χ1) is 10.6. The molecule has 0 atom stereocenters. The van der Waals surface area contributed by atoms with Crippen molar-refractivity contribution in [3.05, 3.63) is 70.3 Å². The van der Waals surface area contributed by atoms with Crippen molar-refractivity contribution in [2.45, 2.75) is 13.5 Å². The number of hydrogen-bond acceptors (Lipinski definition) is 5. The molecule has 0 saturated heterocycles. The number of non-ortho nitro benzene ring substituents is 1. The first-order valence-electron chi connectivity index (χ1n) is 6.55. The average Bonchev–Trinajstić information content (AvgIpc) is 2.52. The number of nitro groups is 1. The second kappa shape index (κ2) is 7.19. The summed E-state index contributed by atoms with van der Waals surface area (Å²) in [7, 11) is 0. The number of rotatable bonds is 6. The topological polar surface area (TPSA) is 84.7 Å². The van der Waals surface area contributed by atoms with Crippen molar-refractivity contribution in [1.29, 1.82) is 0 Å². The fourth-order valence-electron chi connectivity index (χ4n) is 1.72. The van der Waals surface area contributed by atoms with Crippen molar-refractivity contribution in [1.82, 2.24) is 10.6 Å². The van der Waals surface area contributed by atoms with Crippen molar-refractivity contribution < 1.29 is 14.6 Å². The minimum Gasteiger partial charge on any atom is -0.389 e. The number of nitro benzene ring substituents is 1. The zero-order chi connectivity index (χ0) is 15.9. The smallest absolute Gasteiger partial charge is 0.269 e. The first-order valence-corrected chi connectivity index (χ1v) is 6.55. The van der Waals surface area contributed by atoms with E-state index in [1.54, 1.807) is 0 Å². The maximum absolute atomic E-state index is 11.6. The summed E-state index contributed by atoms with van der Waals surface area (Å²) in [4.78, 5) is 27.0. The standard InChI is InChI=1S/C15H15N3O4/c1-12(19)17(11-13-5-3-2-4-6-13)16-22-15-9-7-14(8-10-15)18(20)21/h2-10,16H,11H2,1H3. The molecule has 1 N–H and O–H groups in total. The SMILES string of the molecule is CC(=O)N(Cc1ccccc1)NOc1ccc([N+](=O)[O-])cc1. The van der Waals surface area contributed by atoms with Crippen LogP contribution in [0.5, 0.6) is 5.75 Å². The highest BCUT2D eigenvalue weighted by molar-refractivity contribution is 5.72. The molecule has 0 bridgehead atoms. The molecule has 0 radical (unpaired) electrons. The maximum atomic E-state index is 11.6. The minimum absolute atomic E-state index is 0.0277. The van der Waals surface area contributed by atoms with Gasteiger partial charge in [0.05, 0.1) is 11.5 Å². The van der Waals surface area contributed by atoms with Crippen LogP contribution in [0.15, 0.2) is 54.6 Å². The van der Waals surface area contributed by atoms with E-state index in [-0.39, 0.29) is 11.6 Å². The van der Waals surface area contributed by atoms with Gasteiger partial charge in [0.2, 0.25) is 5.91 Å². The Morgan fingerprint density at radius 3 is 2.36 bits per heavy atom. The first kappa shape index (κ1) is 15.5. The summed E-state index contributed by atoms with van der Waals surface area (Å²) < 4.78 is 0. The van der Waals surface area contributed by atoms with E-state index in [1.807, 2.05) is 30.3 Å². The summed E-state index contributed by atoms with van der Waals surface area (Å²) in [6, 6.07) is 15.0. The number of hydrogen-bond donors (Lipinski definition) is 1. The van der Waals surface area contributed by atoms with E-state index in [1.165, 1.54) is 36.2 Å². The zero-order valence-corrected chi connectivity index (χ0v) is 11.9. The number of nitrogens with one attached hydrogen (secondary N) is 1. The van der Waals surface area contributed by atoms with Gasteiger partial charge in [0, 0.05) is 19.1 Å². The van der Waals surface area contributed by atoms with Crippen molar-refractivity contribution >= 4 is 11.6 Å². The van der Waals surface area contributed by atoms with Crippen molar-refractivity contribution in [3.8, 4) is 5.75 Å². The molecule has 2 aromatic carbocycles. The van der Waals surface area contributed by atoms with Crippen LogP contribution in [0.1, 0.15) is 12.5 Å². The molecule has 1 amide bonds. The van der Waals surface area contributed by atoms with E-state index in [0.29, 0.717) is 12.3 Å². The predicted octanol–water partition coefficient (Wildman–Crippen LogP) is 2.44. The Hall–Kier alpha value is -2.93. The van der Waals surface area contributed by atoms with Crippen LogP contribution in [0.2, 0.25) is 0 Å². The lowest BCUT2D eigenvalue weighted by molar-refractivity contribution is -0.384. The summed E-state index contributed by atoms with van der Waals surface area (Å²) in [6.45, 7) is 1.75. The fraction of sp³-hybridized carbons (Fsp3) is 0.133. The molecule has 0 saturated carbocycles. The molecular formula is C15H15N3O4. The van der Waals surface area contributed by atoms with Crippen LogP contribution >= 0.6 is 0 Å². The number of nitrogens with zero attached hydrogens (tertiary/aromatic N) is 2. The fourth-order valence-corrected chi connectivity index (χ4v) is 1.72. The Morgan fingerprint density at radius 1 is 1.18 bits per heavy atom. The molecule has 7 nitrogen and oxygen atoms in total. The van der Waals surface area contributed by atoms with E-state index in [4.69, 9.17) is 4.84 Å². The molecule has 0 aliphatic heterocycles. The highest BCUT2D eigenvalue weighted by atomic mass is 16.7. The Morgan fingerprint density at radius 2 is 1.82 bits per heavy atom. The largest absolute Gasteiger partial charge is 0.389 e. The molecule has 114 valence electrons. The molecule has 2 aromatic rings. The number of carbonyl (C=O) groups is 1. The van der Waals surface area contributed by atoms with Gasteiger partial charge in [-0.1, -0.05) is 35.9 Å². The highest BCUT2D eigenvalue weighted by Crippen LogP contribution is 2.16. The van der Waals surface area contributed by atoms with E-state index in [9.17, 15) is 14.9 Å². The van der Waals surface area contributed by atoms with Crippen molar-refractivity contribution in [3.63, 3.8) is 0 Å². The predicted molar refractivity (Wildman–Crippen MR) is 79.5 cm³/mol. The third kappa shape index (κ3) is 4.29. The van der Waals surface area contributed by atoms with Crippen molar-refractivity contribution in [2.75, 3.05) is 0 Å². The molecular weight excluding hydrogens is 286 g/mol. The lowest BCUT2D eigenvalue weighted by Gasteiger charge is -2.21. The molecule has 22 heavy (non-hydrogen) atoms. The molecule has 0 fully saturated rings. The van der Waals surface area contributed by atoms with Gasteiger partial charge in [0.1, 0.15) is 5.75 Å². The van der Waals surface area contributed by atoms with Gasteiger partial charge < -0.3 is 4.84 Å². The van der Waals surface area contributed by atoms with E-state index in [2.05, 4.69) is 5.59 Å². The van der Waals surface area contributed by atoms with Gasteiger partial charge in [-0.3, -0.25) is 14.9 Å². The second-order valence-corrected chi connectivity index (χ2v) is 4.54. The summed E-state index contributed by atoms with van der Waals surface area (Å²) in [5.41, 5.74) is 3.46. The van der Waals surface area contributed by atoms with E-state index >= 15 is 0 Å². The van der Waals surface area contributed by atoms with E-state index < -0.39 is 4.92 Å². The monoisotopic (exact) mass is 301 g/mol. The van der Waals surface area contributed by atoms with Gasteiger partial charge in [-0.2, -0.15) is 0 Å². The highest BCUT2D eigenvalue weighted by Gasteiger charge is 2.10. The molecule has 0 unspecified atom stereocenters. The third-order valence-electron chi connectivity index (χ3n) is 2.88. The lowest BCUT2D eigenvalue weighted by atomic mass is 10.2. The third-order valence-corrected chi connectivity index (χ3v) is 2.88. The Kier molecular flexibility index (Phi) is 5.05. The van der Waals surface area contributed by atoms with Gasteiger partial charge in [-0.15, -0.1) is 0 Å². The number of amides is 1. The van der Waals surface area contributed by atoms with Crippen LogP contribution in [0.3, 0.4) is 0 Å². The quantitative estimate of drug-likeness (QED) is 0.654. The molecule has 7 heteroatoms. The molecule has 0 spiro atoms. The van der Waals surface area contributed by atoms with Crippen LogP contribution in [0.25, 0.3) is 0 Å². The van der Waals surface area contributed by atoms with Crippen LogP contribution < -0.4 is 10.4 Å². The Labute approximate surface area is 127 Å². The maximum Gasteiger partial charge on any atom is 0.269 e. The summed E-state index contributed by atoms with van der Waals surface area (Å²) in [5.74, 6) is 0.149. The number of hydrazine groups is 1. The van der Waals surface area contributed by atoms with Gasteiger partial charge in [-0.25, -0.2) is 5.01 Å². The van der Waals surface area contributed by atoms with Crippen LogP contribution in [-0.4, -0.2) is 15.8 Å². The van der Waals surface area contributed by atoms with Crippen molar-refractivity contribution in [2.24, 2.45) is 0 Å². The van der Waals surface area contributed by atoms with Gasteiger partial charge in [0.25, 0.3) is 5.69 Å². The van der Waals surface area contributed by atoms with Gasteiger partial charge in [-0.05, 0) is 17.7 Å². The average molecular weight is 301 g/mol. The Bertz CT molecular complexity index is 644. The molecule has 0 aromatic heterocycles. The lowest BCUT2D eigenvalue weighted by Crippen LogP contribution is -2.42. The van der Waals surface area contributed by atoms with Gasteiger partial charge >= 0.3 is 0 Å². The van der Waals surface area contributed by atoms with Crippen LogP contribution in [-0.2, 0) is 11.3 Å². The molecule has 0 heterocycles. The molecule has 0 aliphatic carbocycles. The molecule has 2 rings (SSSR count).